The summed E-state index contributed by atoms with van der Waals surface area (Å²) in [6, 6.07) is 6.09. The van der Waals surface area contributed by atoms with Crippen LogP contribution in [0.15, 0.2) is 23.2 Å². The number of fused-ring (bicyclic) bond motifs is 1. The van der Waals surface area contributed by atoms with E-state index in [1.165, 1.54) is 5.56 Å². The third-order valence-corrected chi connectivity index (χ3v) is 3.80. The molecule has 1 aliphatic rings. The summed E-state index contributed by atoms with van der Waals surface area (Å²) >= 11 is 0. The number of nitrogens with zero attached hydrogens (tertiary/aromatic N) is 1. The highest BCUT2D eigenvalue weighted by Crippen LogP contribution is 2.35. The Labute approximate surface area is 132 Å². The lowest BCUT2D eigenvalue weighted by molar-refractivity contribution is 0.171. The minimum atomic E-state index is -0.118. The minimum Gasteiger partial charge on any atom is -0.486 e. The molecule has 0 aromatic heterocycles. The van der Waals surface area contributed by atoms with E-state index >= 15 is 0 Å². The molecule has 0 saturated carbocycles. The topological polar surface area (TPSA) is 68.9 Å². The molecule has 5 heteroatoms. The number of benzene rings is 1. The van der Waals surface area contributed by atoms with Crippen molar-refractivity contribution < 1.29 is 9.47 Å². The molecule has 0 radical (unpaired) electrons. The molecule has 1 heterocycles. The molecule has 0 amide bonds. The number of nitrogens with two attached hydrogens (primary N) is 1. The summed E-state index contributed by atoms with van der Waals surface area (Å²) in [6.07, 6.45) is 2.24. The van der Waals surface area contributed by atoms with Gasteiger partial charge in [0.1, 0.15) is 13.2 Å². The van der Waals surface area contributed by atoms with E-state index in [2.05, 4.69) is 37.1 Å². The van der Waals surface area contributed by atoms with Gasteiger partial charge in [0.05, 0.1) is 6.54 Å². The number of nitrogens with one attached hydrogen (secondary N) is 1. The molecule has 0 fully saturated rings. The van der Waals surface area contributed by atoms with E-state index in [-0.39, 0.29) is 5.41 Å². The number of hydrogen-bond donors (Lipinski definition) is 2. The van der Waals surface area contributed by atoms with Gasteiger partial charge >= 0.3 is 0 Å². The summed E-state index contributed by atoms with van der Waals surface area (Å²) < 4.78 is 11.2. The van der Waals surface area contributed by atoms with E-state index in [9.17, 15) is 0 Å². The molecule has 3 N–H and O–H groups in total. The molecule has 0 saturated heterocycles. The average Bonchev–Trinajstić information content (AvgIpc) is 2.53. The Kier molecular flexibility index (Phi) is 5.52. The Morgan fingerprint density at radius 1 is 1.27 bits per heavy atom. The van der Waals surface area contributed by atoms with Crippen molar-refractivity contribution in [3.8, 4) is 11.5 Å². The van der Waals surface area contributed by atoms with Gasteiger partial charge in [-0.25, -0.2) is 0 Å². The van der Waals surface area contributed by atoms with Crippen LogP contribution in [-0.2, 0) is 5.41 Å². The monoisotopic (exact) mass is 305 g/mol. The predicted molar refractivity (Wildman–Crippen MR) is 89.9 cm³/mol. The molecule has 0 unspecified atom stereocenters. The van der Waals surface area contributed by atoms with Gasteiger partial charge in [0.15, 0.2) is 17.5 Å². The smallest absolute Gasteiger partial charge is 0.188 e. The lowest BCUT2D eigenvalue weighted by Gasteiger charge is -2.26. The van der Waals surface area contributed by atoms with Crippen molar-refractivity contribution in [2.24, 2.45) is 10.7 Å². The van der Waals surface area contributed by atoms with Crippen LogP contribution in [-0.4, -0.2) is 32.3 Å². The van der Waals surface area contributed by atoms with Gasteiger partial charge < -0.3 is 20.5 Å². The molecule has 0 atom stereocenters. The van der Waals surface area contributed by atoms with Crippen molar-refractivity contribution in [1.82, 2.24) is 5.32 Å². The maximum atomic E-state index is 5.90. The fourth-order valence-corrected chi connectivity index (χ4v) is 2.29. The Hall–Kier alpha value is -1.91. The van der Waals surface area contributed by atoms with Gasteiger partial charge in [-0.3, -0.25) is 4.99 Å². The van der Waals surface area contributed by atoms with Crippen LogP contribution < -0.4 is 20.5 Å². The van der Waals surface area contributed by atoms with Gasteiger partial charge in [0.25, 0.3) is 0 Å². The van der Waals surface area contributed by atoms with Gasteiger partial charge in [-0.05, 0) is 24.1 Å². The van der Waals surface area contributed by atoms with E-state index in [4.69, 9.17) is 15.2 Å². The molecule has 1 aromatic carbocycles. The second-order valence-electron chi connectivity index (χ2n) is 6.22. The fourth-order valence-electron chi connectivity index (χ4n) is 2.29. The van der Waals surface area contributed by atoms with Crippen molar-refractivity contribution in [2.45, 2.75) is 39.0 Å². The maximum Gasteiger partial charge on any atom is 0.188 e. The van der Waals surface area contributed by atoms with Gasteiger partial charge in [-0.15, -0.1) is 0 Å². The van der Waals surface area contributed by atoms with Crippen molar-refractivity contribution in [3.05, 3.63) is 23.8 Å². The van der Waals surface area contributed by atoms with Crippen molar-refractivity contribution in [1.29, 1.82) is 0 Å². The maximum absolute atomic E-state index is 5.90. The van der Waals surface area contributed by atoms with Crippen LogP contribution in [0.1, 0.15) is 39.2 Å². The van der Waals surface area contributed by atoms with Crippen molar-refractivity contribution in [2.75, 3.05) is 26.3 Å². The number of hydrogen-bond acceptors (Lipinski definition) is 3. The number of guanidine groups is 1. The van der Waals surface area contributed by atoms with E-state index in [1.807, 2.05) is 12.1 Å². The summed E-state index contributed by atoms with van der Waals surface area (Å²) in [5, 5.41) is 3.14. The van der Waals surface area contributed by atoms with Crippen LogP contribution in [0.2, 0.25) is 0 Å². The molecule has 0 bridgehead atoms. The number of unbranched alkanes of at least 4 members (excludes halogenated alkanes) is 1. The third kappa shape index (κ3) is 4.29. The first-order chi connectivity index (χ1) is 10.5. The van der Waals surface area contributed by atoms with E-state index in [1.54, 1.807) is 0 Å². The Morgan fingerprint density at radius 3 is 2.73 bits per heavy atom. The largest absolute Gasteiger partial charge is 0.486 e. The first-order valence-electron chi connectivity index (χ1n) is 7.97. The van der Waals surface area contributed by atoms with E-state index < -0.39 is 0 Å². The normalized spacial score (nSPS) is 14.8. The number of ether oxygens (including phenoxy) is 2. The lowest BCUT2D eigenvalue weighted by Crippen LogP contribution is -2.34. The quantitative estimate of drug-likeness (QED) is 0.481. The van der Waals surface area contributed by atoms with Crippen molar-refractivity contribution >= 4 is 5.96 Å². The summed E-state index contributed by atoms with van der Waals surface area (Å²) in [5.74, 6) is 2.14. The zero-order chi connectivity index (χ0) is 16.0. The highest BCUT2D eigenvalue weighted by Gasteiger charge is 2.23. The molecule has 5 nitrogen and oxygen atoms in total. The van der Waals surface area contributed by atoms with Crippen LogP contribution >= 0.6 is 0 Å². The number of aliphatic imine (C=N–C) groups is 1. The summed E-state index contributed by atoms with van der Waals surface area (Å²) in [7, 11) is 0. The van der Waals surface area contributed by atoms with Crippen LogP contribution in [0.5, 0.6) is 11.5 Å². The van der Waals surface area contributed by atoms with Gasteiger partial charge in [-0.2, -0.15) is 0 Å². The standard InChI is InChI=1S/C17H27N3O2/c1-4-5-8-19-16(18)20-12-17(2,3)13-6-7-14-15(11-13)22-10-9-21-14/h6-7,11H,4-5,8-10,12H2,1-3H3,(H3,18,19,20). The molecular formula is C17H27N3O2. The van der Waals surface area contributed by atoms with Gasteiger partial charge in [0.2, 0.25) is 0 Å². The molecule has 1 aromatic rings. The highest BCUT2D eigenvalue weighted by atomic mass is 16.6. The Morgan fingerprint density at radius 2 is 2.00 bits per heavy atom. The highest BCUT2D eigenvalue weighted by molar-refractivity contribution is 5.77. The van der Waals surface area contributed by atoms with Gasteiger partial charge in [0, 0.05) is 12.0 Å². The second kappa shape index (κ2) is 7.38. The predicted octanol–water partition coefficient (Wildman–Crippen LogP) is 2.44. The average molecular weight is 305 g/mol. The molecule has 2 rings (SSSR count). The van der Waals surface area contributed by atoms with Gasteiger partial charge in [-0.1, -0.05) is 33.3 Å². The third-order valence-electron chi connectivity index (χ3n) is 3.80. The van der Waals surface area contributed by atoms with Crippen molar-refractivity contribution in [3.63, 3.8) is 0 Å². The number of rotatable bonds is 6. The molecular weight excluding hydrogens is 278 g/mol. The second-order valence-corrected chi connectivity index (χ2v) is 6.22. The van der Waals surface area contributed by atoms with Crippen LogP contribution in [0.25, 0.3) is 0 Å². The van der Waals surface area contributed by atoms with E-state index in [0.29, 0.717) is 25.7 Å². The molecule has 22 heavy (non-hydrogen) atoms. The van der Waals surface area contributed by atoms with E-state index in [0.717, 1.165) is 30.9 Å². The lowest BCUT2D eigenvalue weighted by atomic mass is 9.84. The summed E-state index contributed by atoms with van der Waals surface area (Å²) in [4.78, 5) is 4.47. The molecule has 122 valence electrons. The Bertz CT molecular complexity index is 527. The van der Waals surface area contributed by atoms with Crippen LogP contribution in [0.3, 0.4) is 0 Å². The summed E-state index contributed by atoms with van der Waals surface area (Å²) in [6.45, 7) is 9.17. The first kappa shape index (κ1) is 16.5. The summed E-state index contributed by atoms with van der Waals surface area (Å²) in [5.41, 5.74) is 6.96. The minimum absolute atomic E-state index is 0.118. The molecule has 0 spiro atoms. The SMILES string of the molecule is CCCCNC(N)=NCC(C)(C)c1ccc2c(c1)OCCO2. The Balaban J connectivity index is 2.01. The molecule has 1 aliphatic heterocycles. The zero-order valence-corrected chi connectivity index (χ0v) is 13.8. The van der Waals surface area contributed by atoms with Crippen LogP contribution in [0.4, 0.5) is 0 Å². The molecule has 0 aliphatic carbocycles. The zero-order valence-electron chi connectivity index (χ0n) is 13.8. The first-order valence-corrected chi connectivity index (χ1v) is 7.97. The van der Waals surface area contributed by atoms with Crippen LogP contribution in [0, 0.1) is 0 Å². The fraction of sp³-hybridized carbons (Fsp3) is 0.588.